The van der Waals surface area contributed by atoms with Crippen molar-refractivity contribution in [1.82, 2.24) is 5.32 Å². The highest BCUT2D eigenvalue weighted by Crippen LogP contribution is 2.25. The molecule has 14 heavy (non-hydrogen) atoms. The van der Waals surface area contributed by atoms with Gasteiger partial charge in [0, 0.05) is 5.54 Å². The van der Waals surface area contributed by atoms with Crippen LogP contribution >= 0.6 is 23.1 Å². The van der Waals surface area contributed by atoms with Gasteiger partial charge < -0.3 is 5.32 Å². The normalized spacial score (nSPS) is 11.4. The molecule has 4 heteroatoms. The van der Waals surface area contributed by atoms with Gasteiger partial charge in [0.2, 0.25) is 0 Å². The number of carbonyl (C=O) groups excluding carboxylic acids is 1. The minimum Gasteiger partial charge on any atom is -0.347 e. The molecule has 2 nitrogen and oxygen atoms in total. The first-order valence-electron chi connectivity index (χ1n) is 4.39. The Kier molecular flexibility index (Phi) is 3.61. The predicted molar refractivity (Wildman–Crippen MR) is 63.3 cm³/mol. The van der Waals surface area contributed by atoms with Crippen molar-refractivity contribution in [3.8, 4) is 0 Å². The first-order valence-corrected chi connectivity index (χ1v) is 6.43. The second-order valence-electron chi connectivity index (χ2n) is 4.03. The van der Waals surface area contributed by atoms with E-state index in [1.54, 1.807) is 11.8 Å². The Hall–Kier alpha value is -0.480. The van der Waals surface area contributed by atoms with Crippen LogP contribution in [0.5, 0.6) is 0 Å². The molecule has 0 aliphatic carbocycles. The molecule has 1 aromatic heterocycles. The van der Waals surface area contributed by atoms with Gasteiger partial charge in [-0.1, -0.05) is 0 Å². The molecule has 0 unspecified atom stereocenters. The third-order valence-corrected chi connectivity index (χ3v) is 3.66. The predicted octanol–water partition coefficient (Wildman–Crippen LogP) is 3.00. The first-order chi connectivity index (χ1) is 6.42. The lowest BCUT2D eigenvalue weighted by Gasteiger charge is -2.19. The average Bonchev–Trinajstić information content (AvgIpc) is 2.48. The topological polar surface area (TPSA) is 29.1 Å². The average molecular weight is 229 g/mol. The van der Waals surface area contributed by atoms with Gasteiger partial charge in [-0.25, -0.2) is 0 Å². The van der Waals surface area contributed by atoms with Gasteiger partial charge in [-0.3, -0.25) is 4.79 Å². The lowest BCUT2D eigenvalue weighted by Crippen LogP contribution is -2.40. The molecule has 0 aliphatic rings. The van der Waals surface area contributed by atoms with Crippen molar-refractivity contribution in [2.75, 3.05) is 6.26 Å². The molecule has 0 fully saturated rings. The van der Waals surface area contributed by atoms with Crippen LogP contribution in [0.15, 0.2) is 16.3 Å². The molecule has 0 aliphatic heterocycles. The molecule has 1 rings (SSSR count). The van der Waals surface area contributed by atoms with E-state index in [-0.39, 0.29) is 11.4 Å². The fraction of sp³-hybridized carbons (Fsp3) is 0.500. The molecule has 1 amide bonds. The quantitative estimate of drug-likeness (QED) is 0.790. The van der Waals surface area contributed by atoms with Crippen LogP contribution in [0.1, 0.15) is 30.4 Å². The van der Waals surface area contributed by atoms with E-state index < -0.39 is 0 Å². The van der Waals surface area contributed by atoms with Crippen molar-refractivity contribution < 1.29 is 4.79 Å². The molecule has 0 bridgehead atoms. The largest absolute Gasteiger partial charge is 0.347 e. The zero-order valence-electron chi connectivity index (χ0n) is 8.88. The Labute approximate surface area is 93.1 Å². The number of hydrogen-bond acceptors (Lipinski definition) is 3. The van der Waals surface area contributed by atoms with E-state index in [9.17, 15) is 4.79 Å². The Morgan fingerprint density at radius 2 is 2.07 bits per heavy atom. The van der Waals surface area contributed by atoms with Gasteiger partial charge in [-0.15, -0.1) is 23.1 Å². The highest BCUT2D eigenvalue weighted by Gasteiger charge is 2.16. The van der Waals surface area contributed by atoms with Crippen molar-refractivity contribution in [2.24, 2.45) is 0 Å². The van der Waals surface area contributed by atoms with Crippen molar-refractivity contribution in [1.29, 1.82) is 0 Å². The summed E-state index contributed by atoms with van der Waals surface area (Å²) in [4.78, 5) is 12.5. The third kappa shape index (κ3) is 3.35. The number of hydrogen-bond donors (Lipinski definition) is 1. The van der Waals surface area contributed by atoms with Gasteiger partial charge in [-0.05, 0) is 39.2 Å². The summed E-state index contributed by atoms with van der Waals surface area (Å²) in [6.07, 6.45) is 2.01. The van der Waals surface area contributed by atoms with Crippen LogP contribution in [0.2, 0.25) is 0 Å². The second kappa shape index (κ2) is 4.36. The molecule has 0 saturated heterocycles. The number of nitrogens with one attached hydrogen (secondary N) is 1. The Morgan fingerprint density at radius 3 is 2.50 bits per heavy atom. The van der Waals surface area contributed by atoms with Gasteiger partial charge in [0.05, 0.1) is 9.09 Å². The van der Waals surface area contributed by atoms with Gasteiger partial charge in [0.15, 0.2) is 0 Å². The van der Waals surface area contributed by atoms with E-state index in [4.69, 9.17) is 0 Å². The van der Waals surface area contributed by atoms with Crippen LogP contribution in [-0.4, -0.2) is 17.7 Å². The van der Waals surface area contributed by atoms with E-state index >= 15 is 0 Å². The van der Waals surface area contributed by atoms with Crippen LogP contribution < -0.4 is 5.32 Å². The maximum absolute atomic E-state index is 11.7. The maximum atomic E-state index is 11.7. The zero-order valence-corrected chi connectivity index (χ0v) is 10.5. The number of amides is 1. The Morgan fingerprint density at radius 1 is 1.43 bits per heavy atom. The SMILES string of the molecule is CSc1ccc(C(=O)NC(C)(C)C)s1. The van der Waals surface area contributed by atoms with Crippen LogP contribution in [0.4, 0.5) is 0 Å². The molecule has 1 N–H and O–H groups in total. The van der Waals surface area contributed by atoms with Crippen LogP contribution in [0.3, 0.4) is 0 Å². The summed E-state index contributed by atoms with van der Waals surface area (Å²) in [6, 6.07) is 3.85. The van der Waals surface area contributed by atoms with Crippen LogP contribution in [-0.2, 0) is 0 Å². The van der Waals surface area contributed by atoms with E-state index in [0.717, 1.165) is 4.88 Å². The standard InChI is InChI=1S/C10H15NOS2/c1-10(2,3)11-9(12)7-5-6-8(13-4)14-7/h5-6H,1-4H3,(H,11,12). The lowest BCUT2D eigenvalue weighted by molar-refractivity contribution is 0.0924. The Bertz CT molecular complexity index is 325. The summed E-state index contributed by atoms with van der Waals surface area (Å²) < 4.78 is 1.17. The molecule has 0 aromatic carbocycles. The highest BCUT2D eigenvalue weighted by atomic mass is 32.2. The molecule has 0 radical (unpaired) electrons. The van der Waals surface area contributed by atoms with Crippen LogP contribution in [0.25, 0.3) is 0 Å². The molecule has 1 aromatic rings. The van der Waals surface area contributed by atoms with E-state index in [1.807, 2.05) is 39.2 Å². The van der Waals surface area contributed by atoms with Gasteiger partial charge in [-0.2, -0.15) is 0 Å². The molecule has 0 atom stereocenters. The fourth-order valence-electron chi connectivity index (χ4n) is 0.954. The van der Waals surface area contributed by atoms with Crippen molar-refractivity contribution >= 4 is 29.0 Å². The molecule has 78 valence electrons. The lowest BCUT2D eigenvalue weighted by atomic mass is 10.1. The molecule has 1 heterocycles. The zero-order chi connectivity index (χ0) is 10.8. The molecule has 0 saturated carbocycles. The Balaban J connectivity index is 2.70. The minimum absolute atomic E-state index is 0.0165. The second-order valence-corrected chi connectivity index (χ2v) is 6.22. The summed E-state index contributed by atoms with van der Waals surface area (Å²) in [6.45, 7) is 5.94. The van der Waals surface area contributed by atoms with E-state index in [1.165, 1.54) is 15.5 Å². The summed E-state index contributed by atoms with van der Waals surface area (Å²) in [5.74, 6) is 0.0165. The summed E-state index contributed by atoms with van der Waals surface area (Å²) in [7, 11) is 0. The molecule has 0 spiro atoms. The number of rotatable bonds is 2. The molecular weight excluding hydrogens is 214 g/mol. The summed E-state index contributed by atoms with van der Waals surface area (Å²) in [5.41, 5.74) is -0.166. The van der Waals surface area contributed by atoms with Crippen molar-refractivity contribution in [3.05, 3.63) is 17.0 Å². The van der Waals surface area contributed by atoms with E-state index in [0.29, 0.717) is 0 Å². The summed E-state index contributed by atoms with van der Waals surface area (Å²) in [5, 5.41) is 2.94. The summed E-state index contributed by atoms with van der Waals surface area (Å²) >= 11 is 3.20. The minimum atomic E-state index is -0.166. The van der Waals surface area contributed by atoms with Gasteiger partial charge in [0.25, 0.3) is 5.91 Å². The maximum Gasteiger partial charge on any atom is 0.261 e. The number of thioether (sulfide) groups is 1. The number of thiophene rings is 1. The van der Waals surface area contributed by atoms with E-state index in [2.05, 4.69) is 5.32 Å². The smallest absolute Gasteiger partial charge is 0.261 e. The fourth-order valence-corrected chi connectivity index (χ4v) is 2.39. The van der Waals surface area contributed by atoms with Crippen LogP contribution in [0, 0.1) is 0 Å². The third-order valence-electron chi connectivity index (χ3n) is 1.49. The van der Waals surface area contributed by atoms with Crippen molar-refractivity contribution in [2.45, 2.75) is 30.5 Å². The number of carbonyl (C=O) groups is 1. The van der Waals surface area contributed by atoms with Gasteiger partial charge in [0.1, 0.15) is 0 Å². The van der Waals surface area contributed by atoms with Gasteiger partial charge >= 0.3 is 0 Å². The highest BCUT2D eigenvalue weighted by molar-refractivity contribution is 8.00. The molecular formula is C10H15NOS2. The van der Waals surface area contributed by atoms with Crippen molar-refractivity contribution in [3.63, 3.8) is 0 Å². The first kappa shape index (κ1) is 11.6. The monoisotopic (exact) mass is 229 g/mol.